The van der Waals surface area contributed by atoms with Gasteiger partial charge in [0.2, 0.25) is 0 Å². The zero-order chi connectivity index (χ0) is 61.7. The molecule has 0 saturated carbocycles. The molecule has 92 heavy (non-hydrogen) atoms. The smallest absolute Gasteiger partial charge is 0.160 e. The Morgan fingerprint density at radius 1 is 0.293 bits per heavy atom. The Kier molecular flexibility index (Phi) is 10.9. The molecule has 5 nitrogen and oxygen atoms in total. The first-order valence-corrected chi connectivity index (χ1v) is 32.6. The fourth-order valence-electron chi connectivity index (χ4n) is 17.4. The average Bonchev–Trinajstić information content (AvgIpc) is 1.56. The molecule has 0 bridgehead atoms. The van der Waals surface area contributed by atoms with E-state index in [2.05, 4.69) is 317 Å². The summed E-state index contributed by atoms with van der Waals surface area (Å²) in [5.41, 5.74) is 32.3. The van der Waals surface area contributed by atoms with Crippen molar-refractivity contribution >= 4 is 65.4 Å². The van der Waals surface area contributed by atoms with Crippen LogP contribution in [0.15, 0.2) is 255 Å². The summed E-state index contributed by atoms with van der Waals surface area (Å²) >= 11 is 0. The highest BCUT2D eigenvalue weighted by Crippen LogP contribution is 2.57. The van der Waals surface area contributed by atoms with Crippen molar-refractivity contribution in [2.45, 2.75) is 71.1 Å². The first-order valence-electron chi connectivity index (χ1n) is 32.6. The summed E-state index contributed by atoms with van der Waals surface area (Å²) in [6, 6.07) is 95.2. The van der Waals surface area contributed by atoms with Crippen LogP contribution in [0.1, 0.15) is 87.4 Å². The number of benzene rings is 12. The highest BCUT2D eigenvalue weighted by molar-refractivity contribution is 6.20. The fraction of sp³-hybridized carbons (Fsp3) is 0.126. The lowest BCUT2D eigenvalue weighted by Crippen LogP contribution is -2.14. The van der Waals surface area contributed by atoms with Crippen molar-refractivity contribution in [3.8, 4) is 84.3 Å². The molecule has 0 N–H and O–H groups in total. The Hall–Kier alpha value is -10.9. The third-order valence-corrected chi connectivity index (χ3v) is 21.6. The van der Waals surface area contributed by atoms with E-state index in [0.717, 1.165) is 57.1 Å². The van der Waals surface area contributed by atoms with Gasteiger partial charge in [-0.1, -0.05) is 230 Å². The van der Waals surface area contributed by atoms with Gasteiger partial charge in [-0.25, -0.2) is 9.97 Å². The minimum absolute atomic E-state index is 0.105. The van der Waals surface area contributed by atoms with Gasteiger partial charge in [0, 0.05) is 87.9 Å². The van der Waals surface area contributed by atoms with Crippen LogP contribution in [-0.4, -0.2) is 23.7 Å². The first-order chi connectivity index (χ1) is 44.9. The topological polar surface area (TPSA) is 40.6 Å². The van der Waals surface area contributed by atoms with Crippen LogP contribution in [0.4, 0.5) is 0 Å². The zero-order valence-electron chi connectivity index (χ0n) is 52.7. The van der Waals surface area contributed by atoms with Crippen LogP contribution in [-0.2, 0) is 22.7 Å². The van der Waals surface area contributed by atoms with Crippen molar-refractivity contribution in [2.24, 2.45) is 0 Å². The van der Waals surface area contributed by atoms with E-state index in [-0.39, 0.29) is 16.2 Å². The average molecular weight is 1180 g/mol. The quantitative estimate of drug-likeness (QED) is 0.160. The molecule has 0 atom stereocenters. The molecule has 0 unspecified atom stereocenters. The van der Waals surface area contributed by atoms with E-state index in [1.807, 2.05) is 0 Å². The molecule has 5 heteroatoms. The molecule has 0 aliphatic heterocycles. The number of para-hydroxylation sites is 3. The van der Waals surface area contributed by atoms with Crippen molar-refractivity contribution in [3.63, 3.8) is 0 Å². The van der Waals surface area contributed by atoms with Crippen molar-refractivity contribution in [2.75, 3.05) is 0 Å². The summed E-state index contributed by atoms with van der Waals surface area (Å²) in [7, 11) is 0. The van der Waals surface area contributed by atoms with Crippen molar-refractivity contribution < 1.29 is 0 Å². The van der Waals surface area contributed by atoms with E-state index < -0.39 is 0 Å². The Morgan fingerprint density at radius 2 is 0.652 bits per heavy atom. The van der Waals surface area contributed by atoms with Gasteiger partial charge in [-0.3, -0.25) is 0 Å². The zero-order valence-corrected chi connectivity index (χ0v) is 52.7. The van der Waals surface area contributed by atoms with E-state index in [0.29, 0.717) is 5.82 Å². The number of hydrogen-bond acceptors (Lipinski definition) is 2. The van der Waals surface area contributed by atoms with Gasteiger partial charge in [-0.2, -0.15) is 0 Å². The second-order valence-electron chi connectivity index (χ2n) is 27.4. The van der Waals surface area contributed by atoms with E-state index in [4.69, 9.17) is 9.97 Å². The summed E-state index contributed by atoms with van der Waals surface area (Å²) in [6.45, 7) is 16.5. The van der Waals surface area contributed by atoms with Crippen LogP contribution in [0.3, 0.4) is 0 Å². The molecule has 0 saturated heterocycles. The Bertz CT molecular complexity index is 5900. The third kappa shape index (κ3) is 7.03. The van der Waals surface area contributed by atoms with Crippen molar-refractivity contribution in [3.05, 3.63) is 294 Å². The number of rotatable bonds is 7. The molecule has 19 rings (SSSR count). The van der Waals surface area contributed by atoms with Crippen molar-refractivity contribution in [1.82, 2.24) is 23.7 Å². The van der Waals surface area contributed by atoms with E-state index in [1.54, 1.807) is 0 Å². The highest BCUT2D eigenvalue weighted by atomic mass is 15.0. The van der Waals surface area contributed by atoms with Gasteiger partial charge >= 0.3 is 0 Å². The maximum Gasteiger partial charge on any atom is 0.160 e. The molecule has 0 amide bonds. The standard InChI is InChI=1S/C87H65N5/c1-8-57-82(51-39-41-54(42-40-51)90-70-36-18-12-30-61(70)79-73(90)46-43-67-76(79)58-27-9-15-33-64(58)85(67,2)3)88-84(53-24-22-26-56(50-53)92-72-38-20-14-32-63(72)81-75(92)48-45-69-78(81)60-29-11-17-35-66(60)87(69,6)7)89-83(57)52-23-21-25-55(49-52)91-71-37-19-13-31-62(71)80-74(91)47-44-68-77(80)59-28-10-16-34-65(59)86(68,4)5/h9-50H,8H2,1-7H3. The maximum atomic E-state index is 5.79. The molecule has 0 fully saturated rings. The minimum Gasteiger partial charge on any atom is -0.309 e. The predicted octanol–water partition coefficient (Wildman–Crippen LogP) is 22.3. The van der Waals surface area contributed by atoms with Crippen LogP contribution in [0, 0.1) is 0 Å². The van der Waals surface area contributed by atoms with Crippen LogP contribution >= 0.6 is 0 Å². The number of nitrogens with zero attached hydrogens (tertiary/aromatic N) is 5. The van der Waals surface area contributed by atoms with Gasteiger partial charge in [0.15, 0.2) is 5.82 Å². The summed E-state index contributed by atoms with van der Waals surface area (Å²) in [4.78, 5) is 11.5. The summed E-state index contributed by atoms with van der Waals surface area (Å²) in [5.74, 6) is 0.675. The highest BCUT2D eigenvalue weighted by Gasteiger charge is 2.40. The van der Waals surface area contributed by atoms with Gasteiger partial charge < -0.3 is 13.7 Å². The molecule has 3 aliphatic rings. The van der Waals surface area contributed by atoms with Crippen LogP contribution in [0.2, 0.25) is 0 Å². The lowest BCUT2D eigenvalue weighted by atomic mass is 9.82. The molecule has 438 valence electrons. The largest absolute Gasteiger partial charge is 0.309 e. The molecule has 16 aromatic rings. The monoisotopic (exact) mass is 1180 g/mol. The normalized spacial score (nSPS) is 14.6. The summed E-state index contributed by atoms with van der Waals surface area (Å²) < 4.78 is 7.39. The van der Waals surface area contributed by atoms with Crippen LogP contribution < -0.4 is 0 Å². The molecule has 0 radical (unpaired) electrons. The van der Waals surface area contributed by atoms with E-state index in [9.17, 15) is 0 Å². The first kappa shape index (κ1) is 53.0. The maximum absolute atomic E-state index is 5.79. The molecule has 4 heterocycles. The Balaban J connectivity index is 0.809. The fourth-order valence-corrected chi connectivity index (χ4v) is 17.4. The summed E-state index contributed by atoms with van der Waals surface area (Å²) in [5, 5.41) is 7.65. The van der Waals surface area contributed by atoms with Gasteiger partial charge in [0.05, 0.1) is 44.5 Å². The number of fused-ring (bicyclic) bond motifs is 21. The molecule has 0 spiro atoms. The molecule has 12 aromatic carbocycles. The second-order valence-corrected chi connectivity index (χ2v) is 27.4. The molecular formula is C87H65N5. The summed E-state index contributed by atoms with van der Waals surface area (Å²) in [6.07, 6.45) is 0.717. The lowest BCUT2D eigenvalue weighted by Gasteiger charge is -2.21. The third-order valence-electron chi connectivity index (χ3n) is 21.6. The van der Waals surface area contributed by atoms with Crippen molar-refractivity contribution in [1.29, 1.82) is 0 Å². The number of aromatic nitrogens is 5. The molecule has 3 aliphatic carbocycles. The SMILES string of the molecule is CCc1c(-c2ccc(-n3c4ccccc4c4c5c(ccc43)C(C)(C)c3ccccc3-5)cc2)nc(-c2cccc(-n3c4ccccc4c4c5c(ccc43)C(C)(C)c3ccccc3-5)c2)nc1-c1cccc(-n2c3ccccc3c3c4c(ccc32)C(C)(C)c2ccccc2-4)c1. The van der Waals surface area contributed by atoms with Gasteiger partial charge in [-0.15, -0.1) is 0 Å². The molecule has 4 aromatic heterocycles. The van der Waals surface area contributed by atoms with E-state index >= 15 is 0 Å². The predicted molar refractivity (Wildman–Crippen MR) is 383 cm³/mol. The number of hydrogen-bond donors (Lipinski definition) is 0. The molecular weight excluding hydrogens is 1110 g/mol. The van der Waals surface area contributed by atoms with Gasteiger partial charge in [0.1, 0.15) is 0 Å². The minimum atomic E-state index is -0.121. The van der Waals surface area contributed by atoms with Crippen LogP contribution in [0.5, 0.6) is 0 Å². The van der Waals surface area contributed by atoms with Gasteiger partial charge in [0.25, 0.3) is 0 Å². The van der Waals surface area contributed by atoms with E-state index in [1.165, 1.54) is 132 Å². The lowest BCUT2D eigenvalue weighted by molar-refractivity contribution is 0.660. The Morgan fingerprint density at radius 3 is 1.08 bits per heavy atom. The van der Waals surface area contributed by atoms with Gasteiger partial charge in [-0.05, 0) is 146 Å². The Labute approximate surface area is 535 Å². The van der Waals surface area contributed by atoms with Crippen LogP contribution in [0.25, 0.3) is 150 Å². The second kappa shape index (κ2) is 18.8.